The van der Waals surface area contributed by atoms with Gasteiger partial charge in [0, 0.05) is 45.3 Å². The number of nitrogens with one attached hydrogen (secondary N) is 3. The molecule has 7 nitrogen and oxygen atoms in total. The number of guanidine groups is 1. The quantitative estimate of drug-likeness (QED) is 0.495. The molecule has 7 heteroatoms. The van der Waals surface area contributed by atoms with Crippen molar-refractivity contribution < 1.29 is 4.79 Å². The van der Waals surface area contributed by atoms with Crippen LogP contribution in [0.15, 0.2) is 53.5 Å². The number of benzene rings is 2. The standard InChI is InChI=1S/C24H30N6O/c1-26-23(31)19-9-5-7-18(15-19)12-13-28-24(27-2)29-21-10-6-14-30(17-21)22-11-4-3-8-20(22)16-25/h3-5,7-9,11,15,21H,6,10,12-14,17H2,1-2H3,(H,26,31)(H2,27,28,29). The Morgan fingerprint density at radius 3 is 2.87 bits per heavy atom. The normalized spacial score (nSPS) is 16.4. The molecule has 1 unspecified atom stereocenters. The van der Waals surface area contributed by atoms with Crippen molar-refractivity contribution in [2.24, 2.45) is 4.99 Å². The van der Waals surface area contributed by atoms with E-state index in [0.29, 0.717) is 17.7 Å². The molecule has 162 valence electrons. The summed E-state index contributed by atoms with van der Waals surface area (Å²) in [5.41, 5.74) is 3.48. The number of carbonyl (C=O) groups excluding carboxylic acids is 1. The maximum absolute atomic E-state index is 11.8. The predicted octanol–water partition coefficient (Wildman–Crippen LogP) is 2.29. The number of anilines is 1. The number of amides is 1. The summed E-state index contributed by atoms with van der Waals surface area (Å²) in [5.74, 6) is 0.690. The molecule has 0 radical (unpaired) electrons. The van der Waals surface area contributed by atoms with Gasteiger partial charge < -0.3 is 20.9 Å². The Bertz CT molecular complexity index is 965. The van der Waals surface area contributed by atoms with Crippen molar-refractivity contribution in [2.45, 2.75) is 25.3 Å². The topological polar surface area (TPSA) is 92.5 Å². The molecule has 0 saturated carbocycles. The fourth-order valence-electron chi connectivity index (χ4n) is 3.88. The summed E-state index contributed by atoms with van der Waals surface area (Å²) >= 11 is 0. The number of hydrogen-bond donors (Lipinski definition) is 3. The van der Waals surface area contributed by atoms with Crippen LogP contribution in [0.25, 0.3) is 0 Å². The number of rotatable bonds is 6. The molecule has 31 heavy (non-hydrogen) atoms. The van der Waals surface area contributed by atoms with E-state index in [-0.39, 0.29) is 11.9 Å². The zero-order valence-electron chi connectivity index (χ0n) is 18.2. The fourth-order valence-corrected chi connectivity index (χ4v) is 3.88. The summed E-state index contributed by atoms with van der Waals surface area (Å²) in [4.78, 5) is 18.4. The first-order valence-electron chi connectivity index (χ1n) is 10.7. The van der Waals surface area contributed by atoms with E-state index in [2.05, 4.69) is 31.9 Å². The van der Waals surface area contributed by atoms with Crippen LogP contribution < -0.4 is 20.9 Å². The van der Waals surface area contributed by atoms with Crippen LogP contribution in [-0.2, 0) is 6.42 Å². The van der Waals surface area contributed by atoms with Crippen molar-refractivity contribution in [3.05, 3.63) is 65.2 Å². The van der Waals surface area contributed by atoms with Crippen LogP contribution in [0.2, 0.25) is 0 Å². The lowest BCUT2D eigenvalue weighted by Gasteiger charge is -2.35. The van der Waals surface area contributed by atoms with Crippen molar-refractivity contribution in [3.63, 3.8) is 0 Å². The van der Waals surface area contributed by atoms with Crippen molar-refractivity contribution in [1.82, 2.24) is 16.0 Å². The molecular weight excluding hydrogens is 388 g/mol. The number of piperidine rings is 1. The van der Waals surface area contributed by atoms with Gasteiger partial charge in [0.25, 0.3) is 5.91 Å². The summed E-state index contributed by atoms with van der Waals surface area (Å²) in [6.45, 7) is 2.49. The van der Waals surface area contributed by atoms with Crippen molar-refractivity contribution >= 4 is 17.6 Å². The Morgan fingerprint density at radius 1 is 1.26 bits per heavy atom. The van der Waals surface area contributed by atoms with E-state index >= 15 is 0 Å². The second-order valence-electron chi connectivity index (χ2n) is 7.59. The summed E-state index contributed by atoms with van der Waals surface area (Å²) in [6, 6.07) is 18.0. The number of para-hydroxylation sites is 1. The van der Waals surface area contributed by atoms with Gasteiger partial charge in [-0.3, -0.25) is 9.79 Å². The van der Waals surface area contributed by atoms with Crippen LogP contribution >= 0.6 is 0 Å². The molecule has 0 bridgehead atoms. The highest BCUT2D eigenvalue weighted by molar-refractivity contribution is 5.94. The lowest BCUT2D eigenvalue weighted by Crippen LogP contribution is -2.51. The molecule has 0 aliphatic carbocycles. The minimum Gasteiger partial charge on any atom is -0.368 e. The molecule has 3 rings (SSSR count). The average Bonchev–Trinajstić information content (AvgIpc) is 2.83. The zero-order valence-corrected chi connectivity index (χ0v) is 18.2. The van der Waals surface area contributed by atoms with E-state index in [1.165, 1.54) is 0 Å². The predicted molar refractivity (Wildman–Crippen MR) is 124 cm³/mol. The van der Waals surface area contributed by atoms with Gasteiger partial charge in [-0.05, 0) is 49.1 Å². The Labute approximate surface area is 184 Å². The Kier molecular flexibility index (Phi) is 7.88. The van der Waals surface area contributed by atoms with Crippen molar-refractivity contribution in [1.29, 1.82) is 5.26 Å². The van der Waals surface area contributed by atoms with Gasteiger partial charge in [-0.1, -0.05) is 24.3 Å². The van der Waals surface area contributed by atoms with Gasteiger partial charge in [0.1, 0.15) is 6.07 Å². The summed E-state index contributed by atoms with van der Waals surface area (Å²) in [5, 5.41) is 19.0. The van der Waals surface area contributed by atoms with Gasteiger partial charge in [0.05, 0.1) is 11.3 Å². The second kappa shape index (κ2) is 11.0. The number of hydrogen-bond acceptors (Lipinski definition) is 4. The number of carbonyl (C=O) groups is 1. The average molecular weight is 419 g/mol. The maximum atomic E-state index is 11.8. The fraction of sp³-hybridized carbons (Fsp3) is 0.375. The third-order valence-electron chi connectivity index (χ3n) is 5.47. The van der Waals surface area contributed by atoms with Gasteiger partial charge in [-0.2, -0.15) is 5.26 Å². The van der Waals surface area contributed by atoms with Crippen molar-refractivity contribution in [3.8, 4) is 6.07 Å². The molecule has 1 atom stereocenters. The molecule has 1 aliphatic heterocycles. The number of nitriles is 1. The largest absolute Gasteiger partial charge is 0.368 e. The molecule has 2 aromatic rings. The minimum absolute atomic E-state index is 0.0768. The van der Waals surface area contributed by atoms with Gasteiger partial charge in [0.2, 0.25) is 0 Å². The SMILES string of the molecule is CN=C(NCCc1cccc(C(=O)NC)c1)NC1CCCN(c2ccccc2C#N)C1. The van der Waals surface area contributed by atoms with E-state index < -0.39 is 0 Å². The van der Waals surface area contributed by atoms with Gasteiger partial charge in [-0.25, -0.2) is 0 Å². The molecule has 1 heterocycles. The summed E-state index contributed by atoms with van der Waals surface area (Å²) in [6.07, 6.45) is 2.90. The van der Waals surface area contributed by atoms with E-state index in [9.17, 15) is 10.1 Å². The van der Waals surface area contributed by atoms with Gasteiger partial charge in [-0.15, -0.1) is 0 Å². The Balaban J connectivity index is 1.53. The van der Waals surface area contributed by atoms with E-state index in [1.54, 1.807) is 14.1 Å². The molecule has 0 spiro atoms. The highest BCUT2D eigenvalue weighted by Crippen LogP contribution is 2.23. The Hall–Kier alpha value is -3.53. The van der Waals surface area contributed by atoms with E-state index in [0.717, 1.165) is 49.6 Å². The molecule has 2 aromatic carbocycles. The minimum atomic E-state index is -0.0768. The number of aliphatic imine (C=N–C) groups is 1. The van der Waals surface area contributed by atoms with Crippen LogP contribution in [0, 0.1) is 11.3 Å². The monoisotopic (exact) mass is 418 g/mol. The summed E-state index contributed by atoms with van der Waals surface area (Å²) in [7, 11) is 3.41. The molecule has 0 aromatic heterocycles. The highest BCUT2D eigenvalue weighted by Gasteiger charge is 2.22. The van der Waals surface area contributed by atoms with Crippen LogP contribution in [0.4, 0.5) is 5.69 Å². The molecular formula is C24H30N6O. The van der Waals surface area contributed by atoms with Crippen LogP contribution in [-0.4, -0.2) is 51.6 Å². The smallest absolute Gasteiger partial charge is 0.251 e. The Morgan fingerprint density at radius 2 is 2.10 bits per heavy atom. The third kappa shape index (κ3) is 5.98. The van der Waals surface area contributed by atoms with Gasteiger partial charge >= 0.3 is 0 Å². The lowest BCUT2D eigenvalue weighted by molar-refractivity contribution is 0.0963. The van der Waals surface area contributed by atoms with E-state index in [4.69, 9.17) is 0 Å². The highest BCUT2D eigenvalue weighted by atomic mass is 16.1. The zero-order chi connectivity index (χ0) is 22.1. The summed E-state index contributed by atoms with van der Waals surface area (Å²) < 4.78 is 0. The first-order chi connectivity index (χ1) is 15.1. The van der Waals surface area contributed by atoms with Crippen LogP contribution in [0.5, 0.6) is 0 Å². The van der Waals surface area contributed by atoms with Gasteiger partial charge in [0.15, 0.2) is 5.96 Å². The molecule has 3 N–H and O–H groups in total. The first-order valence-corrected chi connectivity index (χ1v) is 10.7. The second-order valence-corrected chi connectivity index (χ2v) is 7.59. The first kappa shape index (κ1) is 22.2. The maximum Gasteiger partial charge on any atom is 0.251 e. The molecule has 1 aliphatic rings. The molecule has 1 fully saturated rings. The van der Waals surface area contributed by atoms with Crippen molar-refractivity contribution in [2.75, 3.05) is 38.6 Å². The molecule has 1 saturated heterocycles. The third-order valence-corrected chi connectivity index (χ3v) is 5.47. The lowest BCUT2D eigenvalue weighted by atomic mass is 10.0. The molecule has 1 amide bonds. The van der Waals surface area contributed by atoms with Crippen LogP contribution in [0.1, 0.15) is 34.3 Å². The van der Waals surface area contributed by atoms with E-state index in [1.807, 2.05) is 48.5 Å². The van der Waals surface area contributed by atoms with Crippen LogP contribution in [0.3, 0.4) is 0 Å². The number of nitrogens with zero attached hydrogens (tertiary/aromatic N) is 3.